The minimum absolute atomic E-state index is 0.0316. The molecule has 0 spiro atoms. The SMILES string of the molecule is O=C(NC(C(=O)O)c1ccsc1)c1ccc(Cl)cc1O. The van der Waals surface area contributed by atoms with Gasteiger partial charge in [0.25, 0.3) is 5.91 Å². The van der Waals surface area contributed by atoms with Crippen LogP contribution in [0.2, 0.25) is 5.02 Å². The summed E-state index contributed by atoms with van der Waals surface area (Å²) in [4.78, 5) is 23.2. The summed E-state index contributed by atoms with van der Waals surface area (Å²) in [7, 11) is 0. The second-order valence-corrected chi connectivity index (χ2v) is 5.18. The quantitative estimate of drug-likeness (QED) is 0.810. The van der Waals surface area contributed by atoms with Crippen LogP contribution in [-0.2, 0) is 4.79 Å². The van der Waals surface area contributed by atoms with Crippen molar-refractivity contribution in [2.24, 2.45) is 0 Å². The van der Waals surface area contributed by atoms with Gasteiger partial charge in [0.1, 0.15) is 5.75 Å². The summed E-state index contributed by atoms with van der Waals surface area (Å²) >= 11 is 7.01. The van der Waals surface area contributed by atoms with Crippen molar-refractivity contribution in [3.05, 3.63) is 51.2 Å². The molecule has 7 heteroatoms. The van der Waals surface area contributed by atoms with Crippen molar-refractivity contribution in [1.82, 2.24) is 5.32 Å². The highest BCUT2D eigenvalue weighted by Gasteiger charge is 2.24. The van der Waals surface area contributed by atoms with Crippen molar-refractivity contribution in [2.45, 2.75) is 6.04 Å². The number of nitrogens with one attached hydrogen (secondary N) is 1. The molecular weight excluding hydrogens is 302 g/mol. The molecule has 5 nitrogen and oxygen atoms in total. The first kappa shape index (κ1) is 14.4. The third-order valence-corrected chi connectivity index (χ3v) is 3.54. The van der Waals surface area contributed by atoms with Gasteiger partial charge in [-0.15, -0.1) is 0 Å². The molecule has 0 saturated heterocycles. The summed E-state index contributed by atoms with van der Waals surface area (Å²) < 4.78 is 0. The molecular formula is C13H10ClNO4S. The lowest BCUT2D eigenvalue weighted by molar-refractivity contribution is -0.139. The lowest BCUT2D eigenvalue weighted by Crippen LogP contribution is -2.33. The van der Waals surface area contributed by atoms with Crippen LogP contribution in [0.3, 0.4) is 0 Å². The Bertz CT molecular complexity index is 642. The topological polar surface area (TPSA) is 86.6 Å². The third-order valence-electron chi connectivity index (χ3n) is 2.60. The fraction of sp³-hybridized carbons (Fsp3) is 0.0769. The Balaban J connectivity index is 2.23. The number of aromatic hydroxyl groups is 1. The van der Waals surface area contributed by atoms with Gasteiger partial charge in [0.2, 0.25) is 0 Å². The second-order valence-electron chi connectivity index (χ2n) is 3.96. The number of phenolic OH excluding ortho intramolecular Hbond substituents is 1. The van der Waals surface area contributed by atoms with E-state index in [4.69, 9.17) is 16.7 Å². The molecule has 0 bridgehead atoms. The molecule has 1 atom stereocenters. The normalized spacial score (nSPS) is 11.8. The molecule has 1 heterocycles. The Kier molecular flexibility index (Phi) is 4.26. The van der Waals surface area contributed by atoms with Gasteiger partial charge in [-0.3, -0.25) is 4.79 Å². The van der Waals surface area contributed by atoms with Gasteiger partial charge in [-0.25, -0.2) is 4.79 Å². The fourth-order valence-corrected chi connectivity index (χ4v) is 2.48. The monoisotopic (exact) mass is 311 g/mol. The van der Waals surface area contributed by atoms with Gasteiger partial charge in [-0.1, -0.05) is 11.6 Å². The number of hydrogen-bond donors (Lipinski definition) is 3. The third kappa shape index (κ3) is 3.09. The first-order chi connectivity index (χ1) is 9.49. The number of thiophene rings is 1. The largest absolute Gasteiger partial charge is 0.507 e. The summed E-state index contributed by atoms with van der Waals surface area (Å²) in [5.41, 5.74) is 0.445. The van der Waals surface area contributed by atoms with E-state index in [1.165, 1.54) is 29.5 Å². The zero-order chi connectivity index (χ0) is 14.7. The van der Waals surface area contributed by atoms with Crippen molar-refractivity contribution >= 4 is 34.8 Å². The van der Waals surface area contributed by atoms with E-state index in [9.17, 15) is 14.7 Å². The molecule has 104 valence electrons. The van der Waals surface area contributed by atoms with Crippen LogP contribution in [-0.4, -0.2) is 22.1 Å². The Morgan fingerprint density at radius 1 is 1.30 bits per heavy atom. The summed E-state index contributed by atoms with van der Waals surface area (Å²) in [5.74, 6) is -2.16. The Labute approximate surface area is 123 Å². The maximum absolute atomic E-state index is 12.0. The first-order valence-electron chi connectivity index (χ1n) is 5.53. The molecule has 3 N–H and O–H groups in total. The summed E-state index contributed by atoms with van der Waals surface area (Å²) in [6.07, 6.45) is 0. The van der Waals surface area contributed by atoms with E-state index in [0.717, 1.165) is 0 Å². The average molecular weight is 312 g/mol. The highest BCUT2D eigenvalue weighted by Crippen LogP contribution is 2.23. The minimum Gasteiger partial charge on any atom is -0.507 e. The van der Waals surface area contributed by atoms with Crippen molar-refractivity contribution < 1.29 is 19.8 Å². The number of carbonyl (C=O) groups is 2. The van der Waals surface area contributed by atoms with E-state index in [-0.39, 0.29) is 16.3 Å². The number of carbonyl (C=O) groups excluding carboxylic acids is 1. The fourth-order valence-electron chi connectivity index (χ4n) is 1.63. The number of aliphatic carboxylic acids is 1. The molecule has 2 rings (SSSR count). The summed E-state index contributed by atoms with van der Waals surface area (Å²) in [6, 6.07) is 4.45. The van der Waals surface area contributed by atoms with Crippen molar-refractivity contribution in [2.75, 3.05) is 0 Å². The molecule has 0 radical (unpaired) electrons. The number of hydrogen-bond acceptors (Lipinski definition) is 4. The summed E-state index contributed by atoms with van der Waals surface area (Å²) in [5, 5.41) is 24.8. The average Bonchev–Trinajstić information content (AvgIpc) is 2.88. The number of halogens is 1. The molecule has 2 aromatic rings. The van der Waals surface area contributed by atoms with Crippen molar-refractivity contribution in [3.63, 3.8) is 0 Å². The number of carboxylic acids is 1. The van der Waals surface area contributed by atoms with Gasteiger partial charge in [0.05, 0.1) is 5.56 Å². The zero-order valence-corrected chi connectivity index (χ0v) is 11.6. The molecule has 0 fully saturated rings. The van der Waals surface area contributed by atoms with E-state index < -0.39 is 17.9 Å². The molecule has 1 aromatic carbocycles. The molecule has 1 amide bonds. The van der Waals surface area contributed by atoms with Crippen molar-refractivity contribution in [3.8, 4) is 5.75 Å². The van der Waals surface area contributed by atoms with E-state index in [2.05, 4.69) is 5.32 Å². The Morgan fingerprint density at radius 2 is 2.05 bits per heavy atom. The maximum Gasteiger partial charge on any atom is 0.330 e. The lowest BCUT2D eigenvalue weighted by atomic mass is 10.1. The van der Waals surface area contributed by atoms with E-state index in [1.54, 1.807) is 16.8 Å². The van der Waals surface area contributed by atoms with Crippen LogP contribution in [0.4, 0.5) is 0 Å². The van der Waals surface area contributed by atoms with Gasteiger partial charge >= 0.3 is 5.97 Å². The van der Waals surface area contributed by atoms with Gasteiger partial charge in [-0.2, -0.15) is 11.3 Å². The molecule has 0 saturated carbocycles. The number of phenols is 1. The molecule has 1 unspecified atom stereocenters. The van der Waals surface area contributed by atoms with Crippen LogP contribution in [0.25, 0.3) is 0 Å². The van der Waals surface area contributed by atoms with Crippen LogP contribution >= 0.6 is 22.9 Å². The van der Waals surface area contributed by atoms with Gasteiger partial charge < -0.3 is 15.5 Å². The van der Waals surface area contributed by atoms with Crippen LogP contribution in [0.15, 0.2) is 35.0 Å². The predicted molar refractivity (Wildman–Crippen MR) is 75.3 cm³/mol. The smallest absolute Gasteiger partial charge is 0.330 e. The number of benzene rings is 1. The maximum atomic E-state index is 12.0. The number of carboxylic acid groups (broad SMARTS) is 1. The van der Waals surface area contributed by atoms with Crippen LogP contribution in [0.1, 0.15) is 22.0 Å². The van der Waals surface area contributed by atoms with E-state index in [0.29, 0.717) is 5.56 Å². The molecule has 1 aromatic heterocycles. The van der Waals surface area contributed by atoms with Crippen LogP contribution in [0, 0.1) is 0 Å². The van der Waals surface area contributed by atoms with Crippen LogP contribution in [0.5, 0.6) is 5.75 Å². The summed E-state index contributed by atoms with van der Waals surface area (Å²) in [6.45, 7) is 0. The number of amides is 1. The molecule has 20 heavy (non-hydrogen) atoms. The van der Waals surface area contributed by atoms with E-state index >= 15 is 0 Å². The first-order valence-corrected chi connectivity index (χ1v) is 6.85. The van der Waals surface area contributed by atoms with Gasteiger partial charge in [-0.05, 0) is 40.6 Å². The highest BCUT2D eigenvalue weighted by atomic mass is 35.5. The molecule has 0 aliphatic carbocycles. The minimum atomic E-state index is -1.18. The van der Waals surface area contributed by atoms with Gasteiger partial charge in [0.15, 0.2) is 6.04 Å². The van der Waals surface area contributed by atoms with Gasteiger partial charge in [0, 0.05) is 5.02 Å². The van der Waals surface area contributed by atoms with Crippen molar-refractivity contribution in [1.29, 1.82) is 0 Å². The molecule has 0 aliphatic rings. The Morgan fingerprint density at radius 3 is 2.60 bits per heavy atom. The molecule has 0 aliphatic heterocycles. The second kappa shape index (κ2) is 5.94. The zero-order valence-electron chi connectivity index (χ0n) is 10.0. The Hall–Kier alpha value is -2.05. The predicted octanol–water partition coefficient (Wildman–Crippen LogP) is 2.66. The highest BCUT2D eigenvalue weighted by molar-refractivity contribution is 7.08. The lowest BCUT2D eigenvalue weighted by Gasteiger charge is -2.14. The number of rotatable bonds is 4. The van der Waals surface area contributed by atoms with E-state index in [1.807, 2.05) is 0 Å². The standard InChI is InChI=1S/C13H10ClNO4S/c14-8-1-2-9(10(16)5-8)12(17)15-11(13(18)19)7-3-4-20-6-7/h1-6,11,16H,(H,15,17)(H,18,19). The van der Waals surface area contributed by atoms with Crippen LogP contribution < -0.4 is 5.32 Å².